The zero-order valence-electron chi connectivity index (χ0n) is 5.77. The molecule has 1 aromatic rings. The molecule has 0 fully saturated rings. The van der Waals surface area contributed by atoms with Gasteiger partial charge in [0, 0.05) is 0 Å². The second-order valence-corrected chi connectivity index (χ2v) is 1.15. The minimum atomic E-state index is 2.00. The third-order valence-electron chi connectivity index (χ3n) is 0.667. The fourth-order valence-corrected chi connectivity index (χ4v) is 0.385. The Bertz CT molecular complexity index is 90.1. The van der Waals surface area contributed by atoms with Crippen molar-refractivity contribution >= 4 is 0 Å². The average Bonchev–Trinajstić information content (AvgIpc) is 2.14. The molecule has 0 aliphatic rings. The predicted molar refractivity (Wildman–Crippen MR) is 43.0 cm³/mol. The van der Waals surface area contributed by atoms with Gasteiger partial charge in [0.15, 0.2) is 0 Å². The van der Waals surface area contributed by atoms with Crippen LogP contribution in [0.1, 0.15) is 0 Å². The lowest BCUT2D eigenvalue weighted by molar-refractivity contribution is -0.176. The average molecular weight is 140 g/mol. The van der Waals surface area contributed by atoms with Gasteiger partial charge in [0.2, 0.25) is 0 Å². The first-order valence-corrected chi connectivity index (χ1v) is 2.70. The van der Waals surface area contributed by atoms with Crippen molar-refractivity contribution in [2.75, 3.05) is 0 Å². The third-order valence-corrected chi connectivity index (χ3v) is 0.667. The van der Waals surface area contributed by atoms with Gasteiger partial charge in [0.25, 0.3) is 0 Å². The molecule has 0 radical (unpaired) electrons. The van der Waals surface area contributed by atoms with Crippen molar-refractivity contribution in [2.45, 2.75) is 0 Å². The molecule has 1 aromatic carbocycles. The summed E-state index contributed by atoms with van der Waals surface area (Å²) in [5.41, 5.74) is 0. The lowest BCUT2D eigenvalue weighted by atomic mass is 10.4. The summed E-state index contributed by atoms with van der Waals surface area (Å²) in [7, 11) is 0. The van der Waals surface area contributed by atoms with Crippen molar-refractivity contribution in [1.82, 2.24) is 0 Å². The Hall–Kier alpha value is -1.12. The highest BCUT2D eigenvalue weighted by molar-refractivity contribution is 4.99. The van der Waals surface area contributed by atoms with Gasteiger partial charge in [-0.25, -0.2) is 0 Å². The molecule has 0 saturated heterocycles. The van der Waals surface area contributed by atoms with Gasteiger partial charge in [0.1, 0.15) is 0 Å². The Morgan fingerprint density at radius 3 is 0.800 bits per heavy atom. The molecule has 0 aromatic heterocycles. The topological polar surface area (TPSA) is 40.5 Å². The van der Waals surface area contributed by atoms with Gasteiger partial charge in [-0.05, 0) is 0 Å². The van der Waals surface area contributed by atoms with Crippen LogP contribution in [0.3, 0.4) is 0 Å². The summed E-state index contributed by atoms with van der Waals surface area (Å²) < 4.78 is 0. The molecule has 10 heavy (non-hydrogen) atoms. The largest absolute Gasteiger partial charge is 0.255 e. The number of hydrogen-bond donors (Lipinski definition) is 2. The van der Waals surface area contributed by atoms with Gasteiger partial charge in [-0.2, -0.15) is 0 Å². The van der Waals surface area contributed by atoms with Crippen LogP contribution < -0.4 is 0 Å². The standard InChI is InChI=1S/C6H6.C2H4.H2O2/c1-2-4-6-5-3-1;2*1-2/h1-6H;1-2H2;1-2H. The van der Waals surface area contributed by atoms with Crippen molar-refractivity contribution in [1.29, 1.82) is 0 Å². The maximum absolute atomic E-state index is 6.00. The molecular weight excluding hydrogens is 128 g/mol. The zero-order chi connectivity index (χ0) is 8.24. The van der Waals surface area contributed by atoms with E-state index < -0.39 is 0 Å². The summed E-state index contributed by atoms with van der Waals surface area (Å²) in [6, 6.07) is 12.0. The normalized spacial score (nSPS) is 5.80. The summed E-state index contributed by atoms with van der Waals surface area (Å²) in [5.74, 6) is 0. The van der Waals surface area contributed by atoms with E-state index in [2.05, 4.69) is 13.2 Å². The molecule has 0 spiro atoms. The van der Waals surface area contributed by atoms with Crippen molar-refractivity contribution in [3.05, 3.63) is 49.6 Å². The van der Waals surface area contributed by atoms with Gasteiger partial charge in [-0.1, -0.05) is 36.4 Å². The maximum atomic E-state index is 6.00. The molecule has 0 aliphatic heterocycles. The fraction of sp³-hybridized carbons (Fsp3) is 0. The summed E-state index contributed by atoms with van der Waals surface area (Å²) in [5, 5.41) is 12.0. The Morgan fingerprint density at radius 2 is 0.700 bits per heavy atom. The molecule has 0 amide bonds. The van der Waals surface area contributed by atoms with Crippen LogP contribution in [-0.2, 0) is 0 Å². The highest BCUT2D eigenvalue weighted by Gasteiger charge is 1.57. The molecule has 0 heterocycles. The molecule has 0 bridgehead atoms. The summed E-state index contributed by atoms with van der Waals surface area (Å²) in [6.45, 7) is 6.00. The minimum absolute atomic E-state index is 2.00. The van der Waals surface area contributed by atoms with Crippen molar-refractivity contribution < 1.29 is 10.5 Å². The molecule has 2 heteroatoms. The van der Waals surface area contributed by atoms with E-state index >= 15 is 0 Å². The molecule has 0 aliphatic carbocycles. The highest BCUT2D eigenvalue weighted by atomic mass is 17.0. The van der Waals surface area contributed by atoms with Gasteiger partial charge in [0.05, 0.1) is 0 Å². The molecule has 0 saturated carbocycles. The van der Waals surface area contributed by atoms with E-state index in [1.807, 2.05) is 36.4 Å². The smallest absolute Gasteiger partial charge is 0.0623 e. The predicted octanol–water partition coefficient (Wildman–Crippen LogP) is 2.51. The van der Waals surface area contributed by atoms with E-state index in [1.165, 1.54) is 0 Å². The maximum Gasteiger partial charge on any atom is -0.0623 e. The second kappa shape index (κ2) is 15.7. The van der Waals surface area contributed by atoms with Crippen LogP contribution in [0.5, 0.6) is 0 Å². The van der Waals surface area contributed by atoms with Crippen LogP contribution in [-0.4, -0.2) is 10.5 Å². The first-order chi connectivity index (χ1) is 5.00. The molecule has 1 rings (SSSR count). The van der Waals surface area contributed by atoms with Crippen LogP contribution in [0.25, 0.3) is 0 Å². The molecule has 2 nitrogen and oxygen atoms in total. The summed E-state index contributed by atoms with van der Waals surface area (Å²) >= 11 is 0. The van der Waals surface area contributed by atoms with Gasteiger partial charge in [-0.3, -0.25) is 10.5 Å². The Morgan fingerprint density at radius 1 is 0.600 bits per heavy atom. The van der Waals surface area contributed by atoms with Crippen LogP contribution in [0.4, 0.5) is 0 Å². The van der Waals surface area contributed by atoms with Crippen molar-refractivity contribution in [3.63, 3.8) is 0 Å². The summed E-state index contributed by atoms with van der Waals surface area (Å²) in [6.07, 6.45) is 0. The molecule has 0 unspecified atom stereocenters. The monoisotopic (exact) mass is 140 g/mol. The van der Waals surface area contributed by atoms with Crippen LogP contribution >= 0.6 is 0 Å². The SMILES string of the molecule is C=C.OO.c1ccccc1. The minimum Gasteiger partial charge on any atom is -0.255 e. The summed E-state index contributed by atoms with van der Waals surface area (Å²) in [4.78, 5) is 0. The van der Waals surface area contributed by atoms with Gasteiger partial charge < -0.3 is 0 Å². The van der Waals surface area contributed by atoms with E-state index in [9.17, 15) is 0 Å². The van der Waals surface area contributed by atoms with Gasteiger partial charge in [-0.15, -0.1) is 13.2 Å². The van der Waals surface area contributed by atoms with Gasteiger partial charge >= 0.3 is 0 Å². The van der Waals surface area contributed by atoms with Crippen molar-refractivity contribution in [3.8, 4) is 0 Å². The van der Waals surface area contributed by atoms with Crippen LogP contribution in [0, 0.1) is 0 Å². The lowest BCUT2D eigenvalue weighted by Crippen LogP contribution is -1.47. The Kier molecular flexibility index (Phi) is 18.2. The fourth-order valence-electron chi connectivity index (χ4n) is 0.385. The number of hydrogen-bond acceptors (Lipinski definition) is 2. The van der Waals surface area contributed by atoms with E-state index in [0.29, 0.717) is 0 Å². The second-order valence-electron chi connectivity index (χ2n) is 1.15. The first-order valence-electron chi connectivity index (χ1n) is 2.70. The number of benzene rings is 1. The van der Waals surface area contributed by atoms with E-state index in [1.54, 1.807) is 0 Å². The van der Waals surface area contributed by atoms with E-state index in [-0.39, 0.29) is 0 Å². The molecule has 56 valence electrons. The van der Waals surface area contributed by atoms with Crippen LogP contribution in [0.15, 0.2) is 49.6 Å². The quantitative estimate of drug-likeness (QED) is 0.330. The molecule has 2 N–H and O–H groups in total. The Balaban J connectivity index is 0. The number of rotatable bonds is 0. The van der Waals surface area contributed by atoms with E-state index in [0.717, 1.165) is 0 Å². The first kappa shape index (κ1) is 11.6. The van der Waals surface area contributed by atoms with Crippen LogP contribution in [0.2, 0.25) is 0 Å². The molecular formula is C8H12O2. The Labute approximate surface area is 61.0 Å². The zero-order valence-corrected chi connectivity index (χ0v) is 5.77. The lowest BCUT2D eigenvalue weighted by Gasteiger charge is -1.69. The highest BCUT2D eigenvalue weighted by Crippen LogP contribution is 1.79. The molecule has 0 atom stereocenters. The van der Waals surface area contributed by atoms with E-state index in [4.69, 9.17) is 10.5 Å². The third kappa shape index (κ3) is 9.99. The van der Waals surface area contributed by atoms with Crippen molar-refractivity contribution in [2.24, 2.45) is 0 Å².